The van der Waals surface area contributed by atoms with Crippen LogP contribution >= 0.6 is 0 Å². The normalized spacial score (nSPS) is 15.5. The van der Waals surface area contributed by atoms with Gasteiger partial charge >= 0.3 is 0 Å². The first kappa shape index (κ1) is 17.2. The van der Waals surface area contributed by atoms with Crippen molar-refractivity contribution in [2.75, 3.05) is 10.2 Å². The zero-order valence-electron chi connectivity index (χ0n) is 15.7. The lowest BCUT2D eigenvalue weighted by Crippen LogP contribution is -2.36. The van der Waals surface area contributed by atoms with Crippen molar-refractivity contribution < 1.29 is 4.79 Å². The van der Waals surface area contributed by atoms with Gasteiger partial charge in [-0.1, -0.05) is 36.4 Å². The summed E-state index contributed by atoms with van der Waals surface area (Å²) in [6.45, 7) is 5.97. The van der Waals surface area contributed by atoms with Crippen LogP contribution in [0.3, 0.4) is 0 Å². The number of rotatable bonds is 3. The maximum absolute atomic E-state index is 13.3. The number of fused-ring (bicyclic) bond motifs is 1. The van der Waals surface area contributed by atoms with Gasteiger partial charge in [-0.2, -0.15) is 0 Å². The molecule has 3 aromatic rings. The van der Waals surface area contributed by atoms with E-state index in [0.717, 1.165) is 29.1 Å². The summed E-state index contributed by atoms with van der Waals surface area (Å²) >= 11 is 0. The second-order valence-electron chi connectivity index (χ2n) is 7.02. The van der Waals surface area contributed by atoms with Crippen molar-refractivity contribution >= 4 is 23.2 Å². The van der Waals surface area contributed by atoms with Crippen molar-refractivity contribution in [2.45, 2.75) is 33.2 Å². The molecule has 1 aliphatic heterocycles. The number of hydrogen-bond acceptors (Lipinski definition) is 4. The fraction of sp³-hybridized carbons (Fsp3) is 0.227. The molecule has 0 fully saturated rings. The molecule has 2 heterocycles. The van der Waals surface area contributed by atoms with Crippen LogP contribution in [0.2, 0.25) is 0 Å². The van der Waals surface area contributed by atoms with Crippen LogP contribution < -0.4 is 10.2 Å². The molecule has 2 aromatic carbocycles. The highest BCUT2D eigenvalue weighted by Crippen LogP contribution is 2.33. The Morgan fingerprint density at radius 3 is 2.63 bits per heavy atom. The van der Waals surface area contributed by atoms with Gasteiger partial charge in [-0.05, 0) is 56.5 Å². The Kier molecular flexibility index (Phi) is 4.36. The Balaban J connectivity index is 1.67. The van der Waals surface area contributed by atoms with E-state index >= 15 is 0 Å². The van der Waals surface area contributed by atoms with Crippen LogP contribution in [-0.4, -0.2) is 21.9 Å². The maximum Gasteiger partial charge on any atom is 0.277 e. The van der Waals surface area contributed by atoms with Crippen LogP contribution in [0.1, 0.15) is 34.2 Å². The maximum atomic E-state index is 13.3. The molecule has 136 valence electrons. The molecule has 5 heteroatoms. The van der Waals surface area contributed by atoms with Crippen molar-refractivity contribution in [3.8, 4) is 0 Å². The zero-order chi connectivity index (χ0) is 19.0. The number of aryl methyl sites for hydroxylation is 2. The van der Waals surface area contributed by atoms with E-state index in [1.54, 1.807) is 6.07 Å². The van der Waals surface area contributed by atoms with Gasteiger partial charge in [0.1, 0.15) is 5.69 Å². The SMILES string of the molecule is Cc1cc(C(=O)N2c3ccccc3CC2C)nc(Nc2ccccc2C)n1. The number of amides is 1. The average molecular weight is 358 g/mol. The molecule has 0 saturated heterocycles. The van der Waals surface area contributed by atoms with Gasteiger partial charge in [0.05, 0.1) is 0 Å². The third kappa shape index (κ3) is 3.28. The van der Waals surface area contributed by atoms with Gasteiger partial charge in [0, 0.05) is 23.1 Å². The van der Waals surface area contributed by atoms with Gasteiger partial charge in [-0.3, -0.25) is 4.79 Å². The average Bonchev–Trinajstić information content (AvgIpc) is 2.98. The van der Waals surface area contributed by atoms with Gasteiger partial charge in [-0.15, -0.1) is 0 Å². The van der Waals surface area contributed by atoms with Crippen LogP contribution in [0.5, 0.6) is 0 Å². The number of carbonyl (C=O) groups excluding carboxylic acids is 1. The molecule has 1 amide bonds. The number of carbonyl (C=O) groups is 1. The highest BCUT2D eigenvalue weighted by Gasteiger charge is 2.32. The van der Waals surface area contributed by atoms with E-state index in [4.69, 9.17) is 0 Å². The molecule has 0 saturated carbocycles. The molecule has 0 aliphatic carbocycles. The summed E-state index contributed by atoms with van der Waals surface area (Å²) in [7, 11) is 0. The highest BCUT2D eigenvalue weighted by molar-refractivity contribution is 6.06. The van der Waals surface area contributed by atoms with E-state index in [1.165, 1.54) is 5.56 Å². The second kappa shape index (κ2) is 6.83. The zero-order valence-corrected chi connectivity index (χ0v) is 15.7. The Morgan fingerprint density at radius 1 is 1.07 bits per heavy atom. The molecule has 1 atom stereocenters. The lowest BCUT2D eigenvalue weighted by atomic mass is 10.1. The molecule has 1 aliphatic rings. The van der Waals surface area contributed by atoms with E-state index in [-0.39, 0.29) is 11.9 Å². The Morgan fingerprint density at radius 2 is 1.81 bits per heavy atom. The Labute approximate surface area is 159 Å². The van der Waals surface area contributed by atoms with Crippen molar-refractivity contribution in [2.24, 2.45) is 0 Å². The van der Waals surface area contributed by atoms with Gasteiger partial charge in [0.15, 0.2) is 0 Å². The van der Waals surface area contributed by atoms with E-state index in [2.05, 4.69) is 28.3 Å². The molecule has 0 bridgehead atoms. The molecule has 4 rings (SSSR count). The van der Waals surface area contributed by atoms with E-state index in [0.29, 0.717) is 11.6 Å². The molecule has 0 radical (unpaired) electrons. The van der Waals surface area contributed by atoms with Crippen LogP contribution in [0.25, 0.3) is 0 Å². The summed E-state index contributed by atoms with van der Waals surface area (Å²) in [5.41, 5.74) is 5.35. The van der Waals surface area contributed by atoms with Gasteiger partial charge in [-0.25, -0.2) is 9.97 Å². The summed E-state index contributed by atoms with van der Waals surface area (Å²) in [4.78, 5) is 24.1. The Bertz CT molecular complexity index is 1010. The first-order valence-corrected chi connectivity index (χ1v) is 9.13. The van der Waals surface area contributed by atoms with Crippen LogP contribution in [0.15, 0.2) is 54.6 Å². The van der Waals surface area contributed by atoms with Crippen molar-refractivity contribution in [3.63, 3.8) is 0 Å². The summed E-state index contributed by atoms with van der Waals surface area (Å²) < 4.78 is 0. The van der Waals surface area contributed by atoms with Crippen LogP contribution in [0.4, 0.5) is 17.3 Å². The second-order valence-corrected chi connectivity index (χ2v) is 7.02. The first-order chi connectivity index (χ1) is 13.0. The summed E-state index contributed by atoms with van der Waals surface area (Å²) in [5.74, 6) is 0.346. The summed E-state index contributed by atoms with van der Waals surface area (Å²) in [6.07, 6.45) is 0.861. The number of benzene rings is 2. The third-order valence-corrected chi connectivity index (χ3v) is 4.89. The van der Waals surface area contributed by atoms with Crippen molar-refractivity contribution in [3.05, 3.63) is 77.1 Å². The first-order valence-electron chi connectivity index (χ1n) is 9.13. The third-order valence-electron chi connectivity index (χ3n) is 4.89. The molecular formula is C22H22N4O. The minimum Gasteiger partial charge on any atom is -0.324 e. The van der Waals surface area contributed by atoms with Crippen LogP contribution in [0, 0.1) is 13.8 Å². The summed E-state index contributed by atoms with van der Waals surface area (Å²) in [5, 5.41) is 3.24. The van der Waals surface area contributed by atoms with E-state index in [9.17, 15) is 4.79 Å². The predicted molar refractivity (Wildman–Crippen MR) is 108 cm³/mol. The molecule has 1 N–H and O–H groups in total. The molecule has 27 heavy (non-hydrogen) atoms. The molecule has 1 aromatic heterocycles. The number of aromatic nitrogens is 2. The fourth-order valence-electron chi connectivity index (χ4n) is 3.57. The predicted octanol–water partition coefficient (Wildman–Crippen LogP) is 4.43. The highest BCUT2D eigenvalue weighted by atomic mass is 16.2. The van der Waals surface area contributed by atoms with E-state index < -0.39 is 0 Å². The number of hydrogen-bond donors (Lipinski definition) is 1. The Hall–Kier alpha value is -3.21. The number of nitrogens with zero attached hydrogens (tertiary/aromatic N) is 3. The fourth-order valence-corrected chi connectivity index (χ4v) is 3.57. The molecule has 5 nitrogen and oxygen atoms in total. The van der Waals surface area contributed by atoms with Crippen LogP contribution in [-0.2, 0) is 6.42 Å². The largest absolute Gasteiger partial charge is 0.324 e. The van der Waals surface area contributed by atoms with E-state index in [1.807, 2.05) is 61.2 Å². The minimum atomic E-state index is -0.0919. The molecule has 1 unspecified atom stereocenters. The monoisotopic (exact) mass is 358 g/mol. The van der Waals surface area contributed by atoms with Crippen molar-refractivity contribution in [1.82, 2.24) is 9.97 Å². The molecular weight excluding hydrogens is 336 g/mol. The number of para-hydroxylation sites is 2. The topological polar surface area (TPSA) is 58.1 Å². The quantitative estimate of drug-likeness (QED) is 0.752. The minimum absolute atomic E-state index is 0.0919. The number of nitrogens with one attached hydrogen (secondary N) is 1. The smallest absolute Gasteiger partial charge is 0.277 e. The number of anilines is 3. The van der Waals surface area contributed by atoms with Gasteiger partial charge in [0.25, 0.3) is 5.91 Å². The van der Waals surface area contributed by atoms with Crippen molar-refractivity contribution in [1.29, 1.82) is 0 Å². The van der Waals surface area contributed by atoms with Gasteiger partial charge in [0.2, 0.25) is 5.95 Å². The summed E-state index contributed by atoms with van der Waals surface area (Å²) in [6, 6.07) is 17.9. The lowest BCUT2D eigenvalue weighted by Gasteiger charge is -2.22. The standard InChI is InChI=1S/C22H22N4O/c1-14-8-4-6-10-18(14)24-22-23-15(2)12-19(25-22)21(27)26-16(3)13-17-9-5-7-11-20(17)26/h4-12,16H,13H2,1-3H3,(H,23,24,25). The van der Waals surface area contributed by atoms with Gasteiger partial charge < -0.3 is 10.2 Å². The molecule has 0 spiro atoms. The lowest BCUT2D eigenvalue weighted by molar-refractivity contribution is 0.0976.